The number of ether oxygens (including phenoxy) is 3. The van der Waals surface area contributed by atoms with Crippen LogP contribution in [0.2, 0.25) is 0 Å². The van der Waals surface area contributed by atoms with Gasteiger partial charge in [0.15, 0.2) is 0 Å². The van der Waals surface area contributed by atoms with Gasteiger partial charge in [-0.1, -0.05) is 56.3 Å². The molecule has 4 N–H and O–H groups in total. The van der Waals surface area contributed by atoms with Gasteiger partial charge in [-0.25, -0.2) is 4.79 Å². The number of aliphatic hydroxyl groups excluding tert-OH is 1. The van der Waals surface area contributed by atoms with Crippen molar-refractivity contribution in [1.29, 1.82) is 0 Å². The molecule has 10 heteroatoms. The van der Waals surface area contributed by atoms with Gasteiger partial charge in [0.25, 0.3) is 0 Å². The molecule has 10 nitrogen and oxygen atoms in total. The Morgan fingerprint density at radius 2 is 1.49 bits per heavy atom. The predicted molar refractivity (Wildman–Crippen MR) is 166 cm³/mol. The summed E-state index contributed by atoms with van der Waals surface area (Å²) < 4.78 is 15.8. The van der Waals surface area contributed by atoms with E-state index in [1.54, 1.807) is 35.0 Å². The highest BCUT2D eigenvalue weighted by Gasteiger charge is 2.32. The van der Waals surface area contributed by atoms with E-state index in [2.05, 4.69) is 16.0 Å². The molecule has 2 aromatic rings. The Morgan fingerprint density at radius 3 is 2.05 bits per heavy atom. The Balaban J connectivity index is 2.33. The highest BCUT2D eigenvalue weighted by molar-refractivity contribution is 5.88. The summed E-state index contributed by atoms with van der Waals surface area (Å²) in [5, 5.41) is 20.1. The number of amides is 3. The molecule has 0 aromatic heterocycles. The fourth-order valence-corrected chi connectivity index (χ4v) is 4.59. The van der Waals surface area contributed by atoms with E-state index in [-0.39, 0.29) is 24.2 Å². The molecule has 0 aliphatic carbocycles. The third-order valence-electron chi connectivity index (χ3n) is 6.86. The summed E-state index contributed by atoms with van der Waals surface area (Å²) in [6, 6.07) is 15.3. The minimum atomic E-state index is -1.10. The van der Waals surface area contributed by atoms with E-state index in [0.717, 1.165) is 11.1 Å². The van der Waals surface area contributed by atoms with Crippen molar-refractivity contribution >= 4 is 17.9 Å². The van der Waals surface area contributed by atoms with Crippen molar-refractivity contribution in [2.24, 2.45) is 11.8 Å². The van der Waals surface area contributed by atoms with Gasteiger partial charge in [0, 0.05) is 19.6 Å². The van der Waals surface area contributed by atoms with Crippen LogP contribution in [-0.2, 0) is 31.9 Å². The molecule has 0 unspecified atom stereocenters. The van der Waals surface area contributed by atoms with Crippen LogP contribution in [0.5, 0.6) is 5.75 Å². The highest BCUT2D eigenvalue weighted by atomic mass is 16.6. The molecule has 0 radical (unpaired) electrons. The van der Waals surface area contributed by atoms with E-state index < -0.39 is 35.8 Å². The molecular weight excluding hydrogens is 550 g/mol. The number of hydrogen-bond donors (Lipinski definition) is 4. The second-order valence-corrected chi connectivity index (χ2v) is 12.0. The monoisotopic (exact) mass is 599 g/mol. The van der Waals surface area contributed by atoms with Crippen LogP contribution >= 0.6 is 0 Å². The number of carbonyl (C=O) groups is 3. The van der Waals surface area contributed by atoms with Gasteiger partial charge in [0.2, 0.25) is 11.8 Å². The van der Waals surface area contributed by atoms with Crippen molar-refractivity contribution in [3.05, 3.63) is 65.7 Å². The zero-order chi connectivity index (χ0) is 32.0. The molecule has 238 valence electrons. The predicted octanol–water partition coefficient (Wildman–Crippen LogP) is 3.64. The quantitative estimate of drug-likeness (QED) is 0.216. The third kappa shape index (κ3) is 13.0. The largest absolute Gasteiger partial charge is 0.497 e. The maximum Gasteiger partial charge on any atom is 0.407 e. The van der Waals surface area contributed by atoms with Gasteiger partial charge in [0.1, 0.15) is 17.4 Å². The lowest BCUT2D eigenvalue weighted by molar-refractivity contribution is -0.132. The van der Waals surface area contributed by atoms with Crippen molar-refractivity contribution in [3.8, 4) is 5.75 Å². The van der Waals surface area contributed by atoms with Crippen LogP contribution in [0.4, 0.5) is 4.79 Å². The lowest BCUT2D eigenvalue weighted by atomic mass is 9.88. The fraction of sp³-hybridized carbons (Fsp3) is 0.545. The first-order valence-electron chi connectivity index (χ1n) is 14.7. The molecule has 0 aliphatic rings. The second-order valence-electron chi connectivity index (χ2n) is 12.0. The number of aliphatic hydroxyl groups is 1. The second kappa shape index (κ2) is 17.5. The number of rotatable bonds is 16. The van der Waals surface area contributed by atoms with Crippen LogP contribution in [0, 0.1) is 11.8 Å². The van der Waals surface area contributed by atoms with Crippen LogP contribution in [0.25, 0.3) is 0 Å². The van der Waals surface area contributed by atoms with Gasteiger partial charge >= 0.3 is 6.09 Å². The van der Waals surface area contributed by atoms with E-state index in [1.165, 1.54) is 0 Å². The zero-order valence-corrected chi connectivity index (χ0v) is 26.5. The van der Waals surface area contributed by atoms with Crippen LogP contribution < -0.4 is 20.7 Å². The lowest BCUT2D eigenvalue weighted by Gasteiger charge is -2.30. The number of alkyl carbamates (subject to hydrolysis) is 1. The van der Waals surface area contributed by atoms with E-state index in [4.69, 9.17) is 14.2 Å². The van der Waals surface area contributed by atoms with Crippen molar-refractivity contribution in [3.63, 3.8) is 0 Å². The average Bonchev–Trinajstić information content (AvgIpc) is 2.94. The fourth-order valence-electron chi connectivity index (χ4n) is 4.59. The molecule has 4 atom stereocenters. The third-order valence-corrected chi connectivity index (χ3v) is 6.86. The first-order valence-corrected chi connectivity index (χ1v) is 14.7. The van der Waals surface area contributed by atoms with Gasteiger partial charge < -0.3 is 35.3 Å². The maximum atomic E-state index is 13.8. The first-order chi connectivity index (χ1) is 20.3. The molecule has 2 aromatic carbocycles. The molecule has 43 heavy (non-hydrogen) atoms. The number of nitrogens with one attached hydrogen (secondary N) is 3. The number of benzene rings is 2. The van der Waals surface area contributed by atoms with E-state index in [1.807, 2.05) is 68.4 Å². The summed E-state index contributed by atoms with van der Waals surface area (Å²) in [5.41, 5.74) is 1.04. The summed E-state index contributed by atoms with van der Waals surface area (Å²) >= 11 is 0. The van der Waals surface area contributed by atoms with E-state index in [0.29, 0.717) is 31.7 Å². The lowest BCUT2D eigenvalue weighted by Crippen LogP contribution is -2.53. The molecule has 0 spiro atoms. The number of methoxy groups -OCH3 is 2. The van der Waals surface area contributed by atoms with Crippen molar-refractivity contribution in [1.82, 2.24) is 16.0 Å². The van der Waals surface area contributed by atoms with Gasteiger partial charge in [-0.2, -0.15) is 0 Å². The summed E-state index contributed by atoms with van der Waals surface area (Å²) in [5.74, 6) is -0.890. The minimum absolute atomic E-state index is 0.0290. The van der Waals surface area contributed by atoms with Crippen LogP contribution in [-0.4, -0.2) is 74.2 Å². The molecule has 2 rings (SSSR count). The molecule has 0 saturated heterocycles. The topological polar surface area (TPSA) is 135 Å². The first kappa shape index (κ1) is 35.6. The normalized spacial score (nSPS) is 14.3. The van der Waals surface area contributed by atoms with Crippen molar-refractivity contribution in [2.75, 3.05) is 27.4 Å². The highest BCUT2D eigenvalue weighted by Crippen LogP contribution is 2.21. The number of hydrogen-bond acceptors (Lipinski definition) is 7. The Labute approximate surface area is 255 Å². The zero-order valence-electron chi connectivity index (χ0n) is 26.5. The van der Waals surface area contributed by atoms with Crippen LogP contribution in [0.1, 0.15) is 52.2 Å². The Bertz CT molecular complexity index is 1130. The molecule has 0 heterocycles. The Kier molecular flexibility index (Phi) is 14.5. The summed E-state index contributed by atoms with van der Waals surface area (Å²) in [4.78, 5) is 39.4. The molecule has 0 fully saturated rings. The van der Waals surface area contributed by atoms with E-state index in [9.17, 15) is 19.5 Å². The maximum absolute atomic E-state index is 13.8. The van der Waals surface area contributed by atoms with Gasteiger partial charge in [-0.05, 0) is 69.2 Å². The average molecular weight is 600 g/mol. The van der Waals surface area contributed by atoms with Crippen molar-refractivity contribution in [2.45, 2.75) is 77.7 Å². The Hall–Kier alpha value is -3.63. The molecular formula is C33H49N3O7. The number of carbonyl (C=O) groups excluding carboxylic acids is 3. The molecule has 0 bridgehead atoms. The minimum Gasteiger partial charge on any atom is -0.497 e. The summed E-state index contributed by atoms with van der Waals surface area (Å²) in [6.45, 7) is 9.68. The van der Waals surface area contributed by atoms with E-state index >= 15 is 0 Å². The molecule has 0 aliphatic heterocycles. The van der Waals surface area contributed by atoms with Crippen molar-refractivity contribution < 1.29 is 33.7 Å². The van der Waals surface area contributed by atoms with Gasteiger partial charge in [-0.15, -0.1) is 0 Å². The van der Waals surface area contributed by atoms with Gasteiger partial charge in [-0.3, -0.25) is 9.59 Å². The molecule has 3 amide bonds. The standard InChI is InChI=1S/C33H49N3O7/c1-22(2)29(31(39)34-17-18-41-6)36-30(38)25(19-24-13-15-26(42-7)16-14-24)21-28(37)27(20-23-11-9-8-10-12-23)35-32(40)43-33(3,4)5/h8-16,22,25,27-29,37H,17-21H2,1-7H3,(H,34,39)(H,35,40)(H,36,38)/t25-,27+,28+,29+/m1/s1. The summed E-state index contributed by atoms with van der Waals surface area (Å²) in [6.07, 6.45) is -1.10. The smallest absolute Gasteiger partial charge is 0.407 e. The SMILES string of the molecule is COCCNC(=O)[C@@H](NC(=O)[C@H](Cc1ccc(OC)cc1)C[C@H](O)[C@H](Cc1ccccc1)NC(=O)OC(C)(C)C)C(C)C. The van der Waals surface area contributed by atoms with Crippen LogP contribution in [0.15, 0.2) is 54.6 Å². The molecule has 0 saturated carbocycles. The van der Waals surface area contributed by atoms with Gasteiger partial charge in [0.05, 0.1) is 25.9 Å². The van der Waals surface area contributed by atoms with Crippen LogP contribution in [0.3, 0.4) is 0 Å². The Morgan fingerprint density at radius 1 is 0.860 bits per heavy atom. The summed E-state index contributed by atoms with van der Waals surface area (Å²) in [7, 11) is 3.13.